The third-order valence-electron chi connectivity index (χ3n) is 0.953. The summed E-state index contributed by atoms with van der Waals surface area (Å²) < 4.78 is 0. The molecule has 4 heteroatoms. The number of nitrogens with zero attached hydrogens (tertiary/aromatic N) is 1. The quantitative estimate of drug-likeness (QED) is 0.554. The molecule has 0 fully saturated rings. The van der Waals surface area contributed by atoms with Crippen molar-refractivity contribution in [2.75, 3.05) is 13.6 Å². The molecule has 0 aromatic heterocycles. The molecule has 0 rings (SSSR count). The number of hydrogen-bond acceptors (Lipinski definition) is 3. The fourth-order valence-electron chi connectivity index (χ4n) is 0.464. The topological polar surface area (TPSA) is 63.6 Å². The van der Waals surface area contributed by atoms with Crippen LogP contribution in [-0.2, 0) is 4.79 Å². The van der Waals surface area contributed by atoms with Crippen molar-refractivity contribution >= 4 is 5.97 Å². The first-order valence-electron chi connectivity index (χ1n) is 2.65. The highest BCUT2D eigenvalue weighted by molar-refractivity contribution is 5.69. The van der Waals surface area contributed by atoms with E-state index < -0.39 is 11.9 Å². The van der Waals surface area contributed by atoms with Gasteiger partial charge in [-0.3, -0.25) is 4.79 Å². The van der Waals surface area contributed by atoms with E-state index in [9.17, 15) is 10.0 Å². The Bertz CT molecular complexity index is 102. The fourth-order valence-corrected chi connectivity index (χ4v) is 0.464. The van der Waals surface area contributed by atoms with Gasteiger partial charge in [-0.1, -0.05) is 6.92 Å². The number of carbonyl (C=O) groups is 1. The lowest BCUT2D eigenvalue weighted by molar-refractivity contribution is -0.141. The predicted octanol–water partition coefficient (Wildman–Crippen LogP) is 0.137. The first-order valence-corrected chi connectivity index (χ1v) is 2.65. The van der Waals surface area contributed by atoms with Gasteiger partial charge in [0, 0.05) is 0 Å². The minimum Gasteiger partial charge on any atom is -0.785 e. The van der Waals surface area contributed by atoms with Gasteiger partial charge in [0.25, 0.3) is 0 Å². The number of hydrogen-bond donors (Lipinski definition) is 1. The van der Waals surface area contributed by atoms with Crippen molar-refractivity contribution in [2.45, 2.75) is 6.92 Å². The average molecular weight is 132 g/mol. The van der Waals surface area contributed by atoms with Crippen molar-refractivity contribution in [1.29, 1.82) is 0 Å². The van der Waals surface area contributed by atoms with Crippen LogP contribution in [0.3, 0.4) is 0 Å². The zero-order valence-electron chi connectivity index (χ0n) is 5.50. The number of hydroxylamine groups is 2. The molecule has 9 heavy (non-hydrogen) atoms. The van der Waals surface area contributed by atoms with E-state index in [1.54, 1.807) is 0 Å². The van der Waals surface area contributed by atoms with Crippen molar-refractivity contribution < 1.29 is 9.90 Å². The molecule has 0 radical (unpaired) electrons. The molecule has 1 N–H and O–H groups in total. The van der Waals surface area contributed by atoms with Crippen LogP contribution in [0.25, 0.3) is 0 Å². The molecule has 54 valence electrons. The van der Waals surface area contributed by atoms with Crippen molar-refractivity contribution in [1.82, 2.24) is 5.06 Å². The average Bonchev–Trinajstić information content (AvgIpc) is 1.63. The highest BCUT2D eigenvalue weighted by atomic mass is 16.5. The van der Waals surface area contributed by atoms with E-state index >= 15 is 0 Å². The molecular weight excluding hydrogens is 122 g/mol. The van der Waals surface area contributed by atoms with Gasteiger partial charge in [0.2, 0.25) is 0 Å². The van der Waals surface area contributed by atoms with Crippen molar-refractivity contribution in [3.05, 3.63) is 5.21 Å². The minimum atomic E-state index is -0.933. The number of carboxylic acids is 1. The first-order chi connectivity index (χ1) is 4.04. The van der Waals surface area contributed by atoms with Crippen LogP contribution in [-0.4, -0.2) is 29.7 Å². The number of carboxylic acid groups (broad SMARTS) is 1. The molecule has 1 unspecified atom stereocenters. The Morgan fingerprint density at radius 3 is 2.44 bits per heavy atom. The van der Waals surface area contributed by atoms with Crippen molar-refractivity contribution in [3.8, 4) is 0 Å². The maximum atomic E-state index is 10.2. The Morgan fingerprint density at radius 2 is 2.33 bits per heavy atom. The Balaban J connectivity index is 3.50. The molecule has 0 spiro atoms. The summed E-state index contributed by atoms with van der Waals surface area (Å²) in [6.45, 7) is 1.55. The zero-order valence-corrected chi connectivity index (χ0v) is 5.50. The van der Waals surface area contributed by atoms with Crippen LogP contribution < -0.4 is 0 Å². The third-order valence-corrected chi connectivity index (χ3v) is 0.953. The molecule has 0 heterocycles. The van der Waals surface area contributed by atoms with Crippen LogP contribution in [0.4, 0.5) is 0 Å². The van der Waals surface area contributed by atoms with E-state index in [-0.39, 0.29) is 6.54 Å². The summed E-state index contributed by atoms with van der Waals surface area (Å²) in [5.74, 6) is -1.51. The first kappa shape index (κ1) is 8.39. The lowest BCUT2D eigenvalue weighted by Gasteiger charge is -2.23. The molecule has 0 saturated carbocycles. The van der Waals surface area contributed by atoms with Crippen LogP contribution in [0.2, 0.25) is 0 Å². The summed E-state index contributed by atoms with van der Waals surface area (Å²) in [4.78, 5) is 10.1. The summed E-state index contributed by atoms with van der Waals surface area (Å²) in [6.07, 6.45) is 0. The van der Waals surface area contributed by atoms with Crippen LogP contribution in [0.1, 0.15) is 6.92 Å². The monoisotopic (exact) mass is 132 g/mol. The lowest BCUT2D eigenvalue weighted by Crippen LogP contribution is -2.23. The highest BCUT2D eigenvalue weighted by Crippen LogP contribution is 1.95. The van der Waals surface area contributed by atoms with E-state index in [1.807, 2.05) is 0 Å². The second-order valence-corrected chi connectivity index (χ2v) is 2.05. The summed E-state index contributed by atoms with van der Waals surface area (Å²) >= 11 is 0. The Kier molecular flexibility index (Phi) is 3.19. The van der Waals surface area contributed by atoms with Crippen LogP contribution >= 0.6 is 0 Å². The van der Waals surface area contributed by atoms with Crippen molar-refractivity contribution in [3.63, 3.8) is 0 Å². The van der Waals surface area contributed by atoms with Gasteiger partial charge in [-0.15, -0.1) is 0 Å². The van der Waals surface area contributed by atoms with Gasteiger partial charge in [-0.25, -0.2) is 0 Å². The van der Waals surface area contributed by atoms with Crippen LogP contribution in [0, 0.1) is 11.1 Å². The maximum Gasteiger partial charge on any atom is 0.307 e. The van der Waals surface area contributed by atoms with Gasteiger partial charge in [0.05, 0.1) is 5.92 Å². The summed E-state index contributed by atoms with van der Waals surface area (Å²) in [6, 6.07) is 0. The molecule has 0 amide bonds. The molecule has 0 aliphatic heterocycles. The molecule has 0 aliphatic carbocycles. The molecule has 0 aromatic rings. The normalized spacial score (nSPS) is 13.8. The van der Waals surface area contributed by atoms with Gasteiger partial charge >= 0.3 is 5.97 Å². The molecule has 1 atom stereocenters. The largest absolute Gasteiger partial charge is 0.785 e. The van der Waals surface area contributed by atoms with E-state index in [0.29, 0.717) is 5.06 Å². The summed E-state index contributed by atoms with van der Waals surface area (Å²) in [7, 11) is 1.30. The smallest absolute Gasteiger partial charge is 0.307 e. The summed E-state index contributed by atoms with van der Waals surface area (Å²) in [5.41, 5.74) is 0. The fraction of sp³-hybridized carbons (Fsp3) is 0.800. The lowest BCUT2D eigenvalue weighted by atomic mass is 10.2. The predicted molar refractivity (Wildman–Crippen MR) is 32.8 cm³/mol. The van der Waals surface area contributed by atoms with Gasteiger partial charge in [-0.2, -0.15) is 0 Å². The van der Waals surface area contributed by atoms with Gasteiger partial charge in [0.15, 0.2) is 0 Å². The number of aliphatic carboxylic acids is 1. The second kappa shape index (κ2) is 3.42. The molecule has 0 aliphatic rings. The minimum absolute atomic E-state index is 0.0509. The van der Waals surface area contributed by atoms with Gasteiger partial charge < -0.3 is 15.4 Å². The second-order valence-electron chi connectivity index (χ2n) is 2.05. The zero-order chi connectivity index (χ0) is 7.44. The molecule has 0 aromatic carbocycles. The standard InChI is InChI=1S/C5H10NO3/c1-4(5(7)8)3-6(2)9/h4H,3H2,1-2H3,(H,7,8)/q-1. The number of rotatable bonds is 3. The molecule has 4 nitrogen and oxygen atoms in total. The van der Waals surface area contributed by atoms with E-state index in [2.05, 4.69) is 0 Å². The third kappa shape index (κ3) is 3.93. The summed E-state index contributed by atoms with van der Waals surface area (Å²) in [5, 5.41) is 19.1. The van der Waals surface area contributed by atoms with Crippen molar-refractivity contribution in [2.24, 2.45) is 5.92 Å². The molecule has 0 saturated heterocycles. The van der Waals surface area contributed by atoms with E-state index in [0.717, 1.165) is 0 Å². The Morgan fingerprint density at radius 1 is 1.89 bits per heavy atom. The van der Waals surface area contributed by atoms with Gasteiger partial charge in [-0.05, 0) is 13.6 Å². The van der Waals surface area contributed by atoms with Crippen LogP contribution in [0.5, 0.6) is 0 Å². The van der Waals surface area contributed by atoms with E-state index in [1.165, 1.54) is 14.0 Å². The van der Waals surface area contributed by atoms with Crippen LogP contribution in [0.15, 0.2) is 0 Å². The Labute approximate surface area is 53.7 Å². The molecular formula is C5H10NO3-. The van der Waals surface area contributed by atoms with Gasteiger partial charge in [0.1, 0.15) is 0 Å². The van der Waals surface area contributed by atoms with E-state index in [4.69, 9.17) is 5.11 Å². The highest BCUT2D eigenvalue weighted by Gasteiger charge is 2.08. The Hall–Kier alpha value is -0.610. The SMILES string of the molecule is CC(CN(C)[O-])C(=O)O. The molecule has 0 bridgehead atoms. The maximum absolute atomic E-state index is 10.2.